The molecule has 0 spiro atoms. The Labute approximate surface area is 107 Å². The number of fused-ring (bicyclic) bond motifs is 1. The van der Waals surface area contributed by atoms with Gasteiger partial charge in [-0.1, -0.05) is 18.2 Å². The SMILES string of the molecule is Cc1cc(CN2CCOCC2)c2ccccc2n1. The first-order valence-corrected chi connectivity index (χ1v) is 6.48. The number of para-hydroxylation sites is 1. The highest BCUT2D eigenvalue weighted by molar-refractivity contribution is 5.82. The van der Waals surface area contributed by atoms with E-state index in [4.69, 9.17) is 4.74 Å². The second-order valence-electron chi connectivity index (χ2n) is 4.83. The van der Waals surface area contributed by atoms with E-state index in [-0.39, 0.29) is 0 Å². The van der Waals surface area contributed by atoms with Crippen LogP contribution < -0.4 is 0 Å². The Morgan fingerprint density at radius 1 is 1.22 bits per heavy atom. The molecule has 1 aromatic heterocycles. The molecule has 0 bridgehead atoms. The molecule has 18 heavy (non-hydrogen) atoms. The van der Waals surface area contributed by atoms with Gasteiger partial charge in [0.15, 0.2) is 0 Å². The largest absolute Gasteiger partial charge is 0.379 e. The van der Waals surface area contributed by atoms with Gasteiger partial charge in [-0.05, 0) is 24.6 Å². The molecule has 3 heteroatoms. The number of morpholine rings is 1. The van der Waals surface area contributed by atoms with Gasteiger partial charge in [0.1, 0.15) is 0 Å². The Morgan fingerprint density at radius 3 is 2.83 bits per heavy atom. The molecule has 0 unspecified atom stereocenters. The molecule has 2 aromatic rings. The Hall–Kier alpha value is -1.45. The fourth-order valence-electron chi connectivity index (χ4n) is 2.53. The summed E-state index contributed by atoms with van der Waals surface area (Å²) >= 11 is 0. The van der Waals surface area contributed by atoms with E-state index in [1.54, 1.807) is 0 Å². The summed E-state index contributed by atoms with van der Waals surface area (Å²) in [6, 6.07) is 10.6. The first-order chi connectivity index (χ1) is 8.83. The third kappa shape index (κ3) is 2.37. The van der Waals surface area contributed by atoms with E-state index in [0.29, 0.717) is 0 Å². The van der Waals surface area contributed by atoms with Gasteiger partial charge in [-0.2, -0.15) is 0 Å². The number of benzene rings is 1. The highest BCUT2D eigenvalue weighted by Crippen LogP contribution is 2.20. The Morgan fingerprint density at radius 2 is 2.00 bits per heavy atom. The van der Waals surface area contributed by atoms with Crippen molar-refractivity contribution in [2.24, 2.45) is 0 Å². The number of pyridine rings is 1. The molecule has 1 aromatic carbocycles. The summed E-state index contributed by atoms with van der Waals surface area (Å²) in [4.78, 5) is 7.04. The van der Waals surface area contributed by atoms with E-state index in [0.717, 1.165) is 44.1 Å². The number of aryl methyl sites for hydroxylation is 1. The minimum Gasteiger partial charge on any atom is -0.379 e. The number of rotatable bonds is 2. The van der Waals surface area contributed by atoms with E-state index < -0.39 is 0 Å². The second-order valence-corrected chi connectivity index (χ2v) is 4.83. The van der Waals surface area contributed by atoms with Gasteiger partial charge in [-0.15, -0.1) is 0 Å². The van der Waals surface area contributed by atoms with Crippen molar-refractivity contribution in [2.75, 3.05) is 26.3 Å². The predicted octanol–water partition coefficient (Wildman–Crippen LogP) is 2.38. The average molecular weight is 242 g/mol. The molecule has 1 aliphatic heterocycles. The van der Waals surface area contributed by atoms with Gasteiger partial charge in [0.25, 0.3) is 0 Å². The molecule has 3 nitrogen and oxygen atoms in total. The molecule has 94 valence electrons. The lowest BCUT2D eigenvalue weighted by Gasteiger charge is -2.27. The van der Waals surface area contributed by atoms with Crippen molar-refractivity contribution in [3.63, 3.8) is 0 Å². The summed E-state index contributed by atoms with van der Waals surface area (Å²) in [6.07, 6.45) is 0. The summed E-state index contributed by atoms with van der Waals surface area (Å²) in [5, 5.41) is 1.27. The molecule has 1 fully saturated rings. The lowest BCUT2D eigenvalue weighted by Crippen LogP contribution is -2.35. The number of ether oxygens (including phenoxy) is 1. The average Bonchev–Trinajstić information content (AvgIpc) is 2.40. The highest BCUT2D eigenvalue weighted by atomic mass is 16.5. The van der Waals surface area contributed by atoms with Crippen LogP contribution in [-0.4, -0.2) is 36.2 Å². The van der Waals surface area contributed by atoms with Crippen LogP contribution in [-0.2, 0) is 11.3 Å². The third-order valence-electron chi connectivity index (χ3n) is 3.43. The van der Waals surface area contributed by atoms with E-state index >= 15 is 0 Å². The minimum atomic E-state index is 0.849. The van der Waals surface area contributed by atoms with Crippen LogP contribution in [0.4, 0.5) is 0 Å². The molecule has 1 aliphatic rings. The lowest BCUT2D eigenvalue weighted by molar-refractivity contribution is 0.0343. The van der Waals surface area contributed by atoms with Gasteiger partial charge in [-0.25, -0.2) is 0 Å². The van der Waals surface area contributed by atoms with Crippen molar-refractivity contribution in [1.82, 2.24) is 9.88 Å². The number of hydrogen-bond donors (Lipinski definition) is 0. The van der Waals surface area contributed by atoms with E-state index in [1.165, 1.54) is 10.9 Å². The topological polar surface area (TPSA) is 25.4 Å². The Bertz CT molecular complexity index is 547. The third-order valence-corrected chi connectivity index (χ3v) is 3.43. The molecule has 0 saturated carbocycles. The van der Waals surface area contributed by atoms with Gasteiger partial charge in [0.05, 0.1) is 18.7 Å². The first kappa shape index (κ1) is 11.6. The molecule has 2 heterocycles. The van der Waals surface area contributed by atoms with Gasteiger partial charge in [-0.3, -0.25) is 9.88 Å². The number of aromatic nitrogens is 1. The zero-order valence-corrected chi connectivity index (χ0v) is 10.7. The second kappa shape index (κ2) is 5.04. The summed E-state index contributed by atoms with van der Waals surface area (Å²) in [5.41, 5.74) is 3.57. The van der Waals surface area contributed by atoms with E-state index in [9.17, 15) is 0 Å². The maximum atomic E-state index is 5.39. The fourth-order valence-corrected chi connectivity index (χ4v) is 2.53. The molecule has 3 rings (SSSR count). The van der Waals surface area contributed by atoms with Gasteiger partial charge in [0, 0.05) is 30.7 Å². The molecule has 1 saturated heterocycles. The van der Waals surface area contributed by atoms with Crippen LogP contribution in [0.5, 0.6) is 0 Å². The number of nitrogens with zero attached hydrogens (tertiary/aromatic N) is 2. The fraction of sp³-hybridized carbons (Fsp3) is 0.400. The normalized spacial score (nSPS) is 17.2. The Balaban J connectivity index is 1.94. The van der Waals surface area contributed by atoms with Crippen molar-refractivity contribution >= 4 is 10.9 Å². The van der Waals surface area contributed by atoms with Crippen molar-refractivity contribution < 1.29 is 4.74 Å². The number of hydrogen-bond acceptors (Lipinski definition) is 3. The maximum absolute atomic E-state index is 5.39. The van der Waals surface area contributed by atoms with Crippen LogP contribution in [0.2, 0.25) is 0 Å². The van der Waals surface area contributed by atoms with Crippen molar-refractivity contribution in [3.05, 3.63) is 41.6 Å². The minimum absolute atomic E-state index is 0.849. The molecular weight excluding hydrogens is 224 g/mol. The van der Waals surface area contributed by atoms with Crippen LogP contribution >= 0.6 is 0 Å². The van der Waals surface area contributed by atoms with Crippen LogP contribution in [0.1, 0.15) is 11.3 Å². The van der Waals surface area contributed by atoms with Crippen LogP contribution in [0.15, 0.2) is 30.3 Å². The first-order valence-electron chi connectivity index (χ1n) is 6.48. The van der Waals surface area contributed by atoms with Crippen LogP contribution in [0, 0.1) is 6.92 Å². The van der Waals surface area contributed by atoms with Gasteiger partial charge < -0.3 is 4.74 Å². The highest BCUT2D eigenvalue weighted by Gasteiger charge is 2.12. The molecule has 0 N–H and O–H groups in total. The van der Waals surface area contributed by atoms with E-state index in [2.05, 4.69) is 41.1 Å². The summed E-state index contributed by atoms with van der Waals surface area (Å²) in [6.45, 7) is 6.80. The summed E-state index contributed by atoms with van der Waals surface area (Å²) < 4.78 is 5.39. The zero-order valence-electron chi connectivity index (χ0n) is 10.7. The Kier molecular flexibility index (Phi) is 3.26. The van der Waals surface area contributed by atoms with Crippen molar-refractivity contribution in [3.8, 4) is 0 Å². The van der Waals surface area contributed by atoms with Crippen molar-refractivity contribution in [1.29, 1.82) is 0 Å². The van der Waals surface area contributed by atoms with Gasteiger partial charge in [0.2, 0.25) is 0 Å². The van der Waals surface area contributed by atoms with E-state index in [1.807, 2.05) is 6.07 Å². The predicted molar refractivity (Wildman–Crippen MR) is 72.6 cm³/mol. The van der Waals surface area contributed by atoms with Gasteiger partial charge >= 0.3 is 0 Å². The molecule has 0 aliphatic carbocycles. The van der Waals surface area contributed by atoms with Crippen LogP contribution in [0.25, 0.3) is 10.9 Å². The standard InChI is InChI=1S/C15H18N2O/c1-12-10-13(11-17-6-8-18-9-7-17)14-4-2-3-5-15(14)16-12/h2-5,10H,6-9,11H2,1H3. The smallest absolute Gasteiger partial charge is 0.0708 e. The molecule has 0 radical (unpaired) electrons. The summed E-state index contributed by atoms with van der Waals surface area (Å²) in [5.74, 6) is 0. The molecule has 0 amide bonds. The molecular formula is C15H18N2O. The van der Waals surface area contributed by atoms with Crippen molar-refractivity contribution in [2.45, 2.75) is 13.5 Å². The monoisotopic (exact) mass is 242 g/mol. The zero-order chi connectivity index (χ0) is 12.4. The lowest BCUT2D eigenvalue weighted by atomic mass is 10.1. The van der Waals surface area contributed by atoms with Crippen LogP contribution in [0.3, 0.4) is 0 Å². The molecule has 0 atom stereocenters. The maximum Gasteiger partial charge on any atom is 0.0708 e. The quantitative estimate of drug-likeness (QED) is 0.808. The summed E-state index contributed by atoms with van der Waals surface area (Å²) in [7, 11) is 0.